The Morgan fingerprint density at radius 1 is 1.00 bits per heavy atom. The number of hydrogen-bond acceptors (Lipinski definition) is 8. The molecule has 0 unspecified atom stereocenters. The lowest BCUT2D eigenvalue weighted by atomic mass is 9.85. The van der Waals surface area contributed by atoms with E-state index in [1.54, 1.807) is 12.1 Å². The SMILES string of the molecule is CNS(=O)(=O)c1ccc(S(=O)(=O)CC(=O)Cc2c(C(C)C)cc(C#N)cc2C(C)C)c(C(=O)OC)c1. The summed E-state index contributed by atoms with van der Waals surface area (Å²) in [5, 5.41) is 9.40. The molecule has 0 saturated carbocycles. The summed E-state index contributed by atoms with van der Waals surface area (Å²) in [5.74, 6) is -2.58. The molecular formula is C25H30N2O7S2. The third-order valence-electron chi connectivity index (χ3n) is 5.69. The molecule has 9 nitrogen and oxygen atoms in total. The molecule has 1 N–H and O–H groups in total. The molecule has 0 atom stereocenters. The normalized spacial score (nSPS) is 12.0. The van der Waals surface area contributed by atoms with Crippen molar-refractivity contribution in [1.29, 1.82) is 5.26 Å². The molecule has 0 saturated heterocycles. The molecule has 0 radical (unpaired) electrons. The fraction of sp³-hybridized carbons (Fsp3) is 0.400. The van der Waals surface area contributed by atoms with E-state index in [1.807, 2.05) is 27.7 Å². The fourth-order valence-corrected chi connectivity index (χ4v) is 6.08. The monoisotopic (exact) mass is 534 g/mol. The Hall–Kier alpha value is -3.07. The highest BCUT2D eigenvalue weighted by molar-refractivity contribution is 7.92. The van der Waals surface area contributed by atoms with Crippen molar-refractivity contribution >= 4 is 31.6 Å². The lowest BCUT2D eigenvalue weighted by Gasteiger charge is -2.20. The summed E-state index contributed by atoms with van der Waals surface area (Å²) in [6.07, 6.45) is -0.175. The average Bonchev–Trinajstić information content (AvgIpc) is 2.82. The Labute approximate surface area is 212 Å². The number of rotatable bonds is 10. The molecule has 0 bridgehead atoms. The van der Waals surface area contributed by atoms with E-state index in [1.165, 1.54) is 7.05 Å². The second kappa shape index (κ2) is 11.3. The standard InChI is InChI=1S/C25H30N2O7S2/c1-15(2)20-9-17(13-26)10-21(16(3)4)22(20)11-18(28)14-35(30,31)24-8-7-19(36(32,33)27-5)12-23(24)25(29)34-6/h7-10,12,15-16,27H,11,14H2,1-6H3. The van der Waals surface area contributed by atoms with E-state index in [2.05, 4.69) is 15.5 Å². The number of nitriles is 1. The number of carbonyl (C=O) groups excluding carboxylic acids is 2. The van der Waals surface area contributed by atoms with Crippen molar-refractivity contribution in [2.75, 3.05) is 19.9 Å². The number of hydrogen-bond donors (Lipinski definition) is 1. The number of carbonyl (C=O) groups is 2. The van der Waals surface area contributed by atoms with E-state index in [-0.39, 0.29) is 23.2 Å². The van der Waals surface area contributed by atoms with Crippen molar-refractivity contribution in [3.63, 3.8) is 0 Å². The van der Waals surface area contributed by atoms with Gasteiger partial charge in [0.25, 0.3) is 0 Å². The van der Waals surface area contributed by atoms with Gasteiger partial charge in [-0.1, -0.05) is 27.7 Å². The smallest absolute Gasteiger partial charge is 0.339 e. The first-order valence-corrected chi connectivity index (χ1v) is 14.3. The van der Waals surface area contributed by atoms with Crippen molar-refractivity contribution in [2.24, 2.45) is 0 Å². The van der Waals surface area contributed by atoms with E-state index in [0.717, 1.165) is 36.4 Å². The maximum atomic E-state index is 13.2. The summed E-state index contributed by atoms with van der Waals surface area (Å²) in [7, 11) is -6.08. The number of nitrogens with one attached hydrogen (secondary N) is 1. The van der Waals surface area contributed by atoms with Crippen molar-refractivity contribution in [3.8, 4) is 6.07 Å². The first kappa shape index (κ1) is 29.2. The minimum Gasteiger partial charge on any atom is -0.465 e. The predicted octanol–water partition coefficient (Wildman–Crippen LogP) is 3.09. The topological polar surface area (TPSA) is 147 Å². The highest BCUT2D eigenvalue weighted by Gasteiger charge is 2.29. The van der Waals surface area contributed by atoms with Crippen LogP contribution in [0.15, 0.2) is 40.1 Å². The van der Waals surface area contributed by atoms with E-state index in [0.29, 0.717) is 11.1 Å². The van der Waals surface area contributed by atoms with Crippen LogP contribution in [-0.2, 0) is 35.8 Å². The maximum Gasteiger partial charge on any atom is 0.339 e. The van der Waals surface area contributed by atoms with Crippen molar-refractivity contribution in [2.45, 2.75) is 55.7 Å². The van der Waals surface area contributed by atoms with Crippen LogP contribution >= 0.6 is 0 Å². The molecular weight excluding hydrogens is 504 g/mol. The zero-order valence-corrected chi connectivity index (χ0v) is 22.7. The second-order valence-corrected chi connectivity index (χ2v) is 12.7. The van der Waals surface area contributed by atoms with Crippen LogP contribution in [0.1, 0.15) is 72.1 Å². The van der Waals surface area contributed by atoms with Crippen LogP contribution in [0.5, 0.6) is 0 Å². The highest BCUT2D eigenvalue weighted by Crippen LogP contribution is 2.30. The number of Topliss-reactive ketones (excluding diaryl/α,β-unsaturated/α-hetero) is 1. The molecule has 0 aliphatic heterocycles. The van der Waals surface area contributed by atoms with Crippen LogP contribution in [0, 0.1) is 11.3 Å². The number of esters is 1. The van der Waals surface area contributed by atoms with Gasteiger partial charge in [-0.15, -0.1) is 0 Å². The third kappa shape index (κ3) is 6.37. The quantitative estimate of drug-likeness (QED) is 0.457. The zero-order chi connectivity index (χ0) is 27.4. The number of sulfonamides is 1. The van der Waals surface area contributed by atoms with Gasteiger partial charge >= 0.3 is 5.97 Å². The highest BCUT2D eigenvalue weighted by atomic mass is 32.2. The molecule has 194 valence electrons. The van der Waals surface area contributed by atoms with Gasteiger partial charge < -0.3 is 4.74 Å². The lowest BCUT2D eigenvalue weighted by Crippen LogP contribution is -2.23. The Balaban J connectivity index is 2.53. The summed E-state index contributed by atoms with van der Waals surface area (Å²) >= 11 is 0. The summed E-state index contributed by atoms with van der Waals surface area (Å²) in [6, 6.07) is 8.49. The van der Waals surface area contributed by atoms with Gasteiger partial charge in [0.1, 0.15) is 5.75 Å². The largest absolute Gasteiger partial charge is 0.465 e. The Morgan fingerprint density at radius 3 is 2.00 bits per heavy atom. The van der Waals surface area contributed by atoms with Crippen LogP contribution in [-0.4, -0.2) is 48.5 Å². The minimum absolute atomic E-state index is 0.0113. The molecule has 2 rings (SSSR count). The third-order valence-corrected chi connectivity index (χ3v) is 8.83. The van der Waals surface area contributed by atoms with Crippen LogP contribution < -0.4 is 4.72 Å². The molecule has 0 fully saturated rings. The first-order chi connectivity index (χ1) is 16.7. The predicted molar refractivity (Wildman–Crippen MR) is 134 cm³/mol. The minimum atomic E-state index is -4.33. The Bertz CT molecular complexity index is 1410. The number of nitrogens with zero attached hydrogens (tertiary/aromatic N) is 1. The van der Waals surface area contributed by atoms with Crippen LogP contribution in [0.25, 0.3) is 0 Å². The van der Waals surface area contributed by atoms with Gasteiger partial charge in [-0.05, 0) is 65.9 Å². The molecule has 11 heteroatoms. The molecule has 0 spiro atoms. The van der Waals surface area contributed by atoms with Gasteiger partial charge in [0.05, 0.1) is 34.1 Å². The van der Waals surface area contributed by atoms with E-state index < -0.39 is 47.8 Å². The van der Waals surface area contributed by atoms with Gasteiger partial charge in [0, 0.05) is 6.42 Å². The fourth-order valence-electron chi connectivity index (χ4n) is 3.89. The lowest BCUT2D eigenvalue weighted by molar-refractivity contribution is -0.116. The Morgan fingerprint density at radius 2 is 1.56 bits per heavy atom. The number of ketones is 1. The number of sulfone groups is 1. The molecule has 0 heterocycles. The average molecular weight is 535 g/mol. The van der Waals surface area contributed by atoms with Gasteiger partial charge in [-0.2, -0.15) is 5.26 Å². The van der Waals surface area contributed by atoms with Gasteiger partial charge in [0.2, 0.25) is 10.0 Å². The van der Waals surface area contributed by atoms with Crippen molar-refractivity contribution in [1.82, 2.24) is 4.72 Å². The Kier molecular flexibility index (Phi) is 9.18. The molecule has 0 amide bonds. The van der Waals surface area contributed by atoms with E-state index >= 15 is 0 Å². The van der Waals surface area contributed by atoms with Crippen LogP contribution in [0.3, 0.4) is 0 Å². The van der Waals surface area contributed by atoms with Crippen molar-refractivity contribution < 1.29 is 31.2 Å². The maximum absolute atomic E-state index is 13.2. The van der Waals surface area contributed by atoms with Crippen LogP contribution in [0.4, 0.5) is 0 Å². The van der Waals surface area contributed by atoms with Gasteiger partial charge in [0.15, 0.2) is 15.6 Å². The first-order valence-electron chi connectivity index (χ1n) is 11.2. The van der Waals surface area contributed by atoms with Gasteiger partial charge in [-0.25, -0.2) is 26.4 Å². The second-order valence-electron chi connectivity index (χ2n) is 8.89. The van der Waals surface area contributed by atoms with Crippen molar-refractivity contribution in [3.05, 3.63) is 58.1 Å². The molecule has 0 aliphatic rings. The number of methoxy groups -OCH3 is 1. The van der Waals surface area contributed by atoms with Gasteiger partial charge in [-0.3, -0.25) is 4.79 Å². The molecule has 36 heavy (non-hydrogen) atoms. The van der Waals surface area contributed by atoms with Crippen LogP contribution in [0.2, 0.25) is 0 Å². The van der Waals surface area contributed by atoms with E-state index in [9.17, 15) is 31.7 Å². The van der Waals surface area contributed by atoms with E-state index in [4.69, 9.17) is 0 Å². The summed E-state index contributed by atoms with van der Waals surface area (Å²) in [4.78, 5) is 24.6. The molecule has 0 aliphatic carbocycles. The molecule has 2 aromatic carbocycles. The summed E-state index contributed by atoms with van der Waals surface area (Å²) < 4.78 is 57.4. The number of ether oxygens (including phenoxy) is 1. The summed E-state index contributed by atoms with van der Waals surface area (Å²) in [5.41, 5.74) is 2.25. The molecule has 2 aromatic rings. The zero-order valence-electron chi connectivity index (χ0n) is 21.1. The molecule has 0 aromatic heterocycles. The number of benzene rings is 2. The summed E-state index contributed by atoms with van der Waals surface area (Å²) in [6.45, 7) is 7.70.